The van der Waals surface area contributed by atoms with Crippen LogP contribution in [0, 0.1) is 0 Å². The molecular formula is C12H7ClF3NO. The van der Waals surface area contributed by atoms with Crippen LogP contribution in [0.4, 0.5) is 13.2 Å². The van der Waals surface area contributed by atoms with Crippen LogP contribution in [0.5, 0.6) is 5.75 Å². The van der Waals surface area contributed by atoms with Crippen LogP contribution in [-0.4, -0.2) is 11.3 Å². The Balaban J connectivity index is 2.36. The Morgan fingerprint density at radius 3 is 2.61 bits per heavy atom. The predicted molar refractivity (Wildman–Crippen MR) is 61.4 cm³/mol. The summed E-state index contributed by atoms with van der Waals surface area (Å²) >= 11 is 5.94. The van der Waals surface area contributed by atoms with Gasteiger partial charge in [-0.05, 0) is 23.8 Å². The predicted octanol–water partition coefficient (Wildman–Crippen LogP) is 4.30. The number of hydrogen-bond acceptors (Lipinski definition) is 2. The molecular weight excluding hydrogens is 267 g/mol. The fourth-order valence-electron chi connectivity index (χ4n) is 1.45. The van der Waals surface area contributed by atoms with Crippen molar-refractivity contribution in [2.75, 3.05) is 0 Å². The van der Waals surface area contributed by atoms with Crippen molar-refractivity contribution in [2.45, 2.75) is 6.36 Å². The zero-order chi connectivity index (χ0) is 13.2. The molecule has 0 fully saturated rings. The Kier molecular flexibility index (Phi) is 3.43. The summed E-state index contributed by atoms with van der Waals surface area (Å²) < 4.78 is 40.1. The van der Waals surface area contributed by atoms with E-state index >= 15 is 0 Å². The van der Waals surface area contributed by atoms with Crippen LogP contribution >= 0.6 is 11.6 Å². The third kappa shape index (κ3) is 3.13. The molecule has 0 saturated carbocycles. The van der Waals surface area contributed by atoms with Crippen molar-refractivity contribution in [2.24, 2.45) is 0 Å². The highest BCUT2D eigenvalue weighted by Gasteiger charge is 2.31. The number of benzene rings is 1. The molecule has 0 atom stereocenters. The molecule has 1 heterocycles. The number of rotatable bonds is 2. The number of halogens is 4. The van der Waals surface area contributed by atoms with Gasteiger partial charge in [0.25, 0.3) is 0 Å². The van der Waals surface area contributed by atoms with Gasteiger partial charge >= 0.3 is 6.36 Å². The van der Waals surface area contributed by atoms with Gasteiger partial charge in [0.2, 0.25) is 0 Å². The summed E-state index contributed by atoms with van der Waals surface area (Å²) in [7, 11) is 0. The van der Waals surface area contributed by atoms with E-state index in [1.807, 2.05) is 0 Å². The van der Waals surface area contributed by atoms with E-state index in [2.05, 4.69) is 9.72 Å². The molecule has 6 heteroatoms. The van der Waals surface area contributed by atoms with Crippen molar-refractivity contribution in [3.05, 3.63) is 47.7 Å². The molecule has 2 rings (SSSR count). The lowest BCUT2D eigenvalue weighted by Crippen LogP contribution is -2.17. The van der Waals surface area contributed by atoms with Gasteiger partial charge in [0.05, 0.1) is 5.02 Å². The minimum atomic E-state index is -4.71. The smallest absolute Gasteiger partial charge is 0.406 e. The molecule has 2 nitrogen and oxygen atoms in total. The first-order chi connectivity index (χ1) is 8.46. The normalized spacial score (nSPS) is 11.3. The van der Waals surface area contributed by atoms with Crippen LogP contribution in [-0.2, 0) is 0 Å². The van der Waals surface area contributed by atoms with E-state index in [-0.39, 0.29) is 5.75 Å². The first kappa shape index (κ1) is 12.7. The SMILES string of the molecule is FC(F)(F)Oc1cccc(-c2cnccc2Cl)c1. The Labute approximate surface area is 106 Å². The summed E-state index contributed by atoms with van der Waals surface area (Å²) in [6.07, 6.45) is -1.73. The molecule has 1 aromatic carbocycles. The third-order valence-electron chi connectivity index (χ3n) is 2.15. The lowest BCUT2D eigenvalue weighted by atomic mass is 10.1. The van der Waals surface area contributed by atoms with Crippen LogP contribution in [0.15, 0.2) is 42.7 Å². The van der Waals surface area contributed by atoms with E-state index in [1.165, 1.54) is 30.6 Å². The molecule has 18 heavy (non-hydrogen) atoms. The maximum atomic E-state index is 12.1. The fourth-order valence-corrected chi connectivity index (χ4v) is 1.66. The average Bonchev–Trinajstić information content (AvgIpc) is 2.27. The van der Waals surface area contributed by atoms with Gasteiger partial charge in [0.1, 0.15) is 5.75 Å². The van der Waals surface area contributed by atoms with Crippen LogP contribution < -0.4 is 4.74 Å². The van der Waals surface area contributed by atoms with Crippen LogP contribution in [0.25, 0.3) is 11.1 Å². The number of pyridine rings is 1. The zero-order valence-corrected chi connectivity index (χ0v) is 9.66. The third-order valence-corrected chi connectivity index (χ3v) is 2.48. The molecule has 0 saturated heterocycles. The minimum absolute atomic E-state index is 0.292. The summed E-state index contributed by atoms with van der Waals surface area (Å²) in [5.41, 5.74) is 1.06. The summed E-state index contributed by atoms with van der Waals surface area (Å²) in [5.74, 6) is -0.292. The van der Waals surface area contributed by atoms with Crippen molar-refractivity contribution in [1.29, 1.82) is 0 Å². The van der Waals surface area contributed by atoms with E-state index in [1.54, 1.807) is 12.1 Å². The van der Waals surface area contributed by atoms with E-state index in [0.717, 1.165) is 0 Å². The summed E-state index contributed by atoms with van der Waals surface area (Å²) in [6.45, 7) is 0. The van der Waals surface area contributed by atoms with Gasteiger partial charge in [-0.1, -0.05) is 23.7 Å². The van der Waals surface area contributed by atoms with Gasteiger partial charge in [-0.15, -0.1) is 13.2 Å². The Morgan fingerprint density at radius 2 is 1.94 bits per heavy atom. The Bertz CT molecular complexity index is 557. The number of nitrogens with zero attached hydrogens (tertiary/aromatic N) is 1. The summed E-state index contributed by atoms with van der Waals surface area (Å²) in [6, 6.07) is 7.14. The second-order valence-corrected chi connectivity index (χ2v) is 3.84. The van der Waals surface area contributed by atoms with Crippen molar-refractivity contribution in [1.82, 2.24) is 4.98 Å². The summed E-state index contributed by atoms with van der Waals surface area (Å²) in [4.78, 5) is 3.88. The zero-order valence-electron chi connectivity index (χ0n) is 8.91. The molecule has 1 aromatic heterocycles. The minimum Gasteiger partial charge on any atom is -0.406 e. The Morgan fingerprint density at radius 1 is 1.17 bits per heavy atom. The van der Waals surface area contributed by atoms with E-state index in [4.69, 9.17) is 11.6 Å². The lowest BCUT2D eigenvalue weighted by Gasteiger charge is -2.10. The molecule has 0 amide bonds. The second-order valence-electron chi connectivity index (χ2n) is 3.43. The summed E-state index contributed by atoms with van der Waals surface area (Å²) in [5, 5.41) is 0.411. The Hall–Kier alpha value is -1.75. The number of alkyl halides is 3. The van der Waals surface area contributed by atoms with Gasteiger partial charge in [-0.25, -0.2) is 0 Å². The molecule has 0 aliphatic heterocycles. The molecule has 0 radical (unpaired) electrons. The number of hydrogen-bond donors (Lipinski definition) is 0. The highest BCUT2D eigenvalue weighted by atomic mass is 35.5. The maximum Gasteiger partial charge on any atom is 0.573 e. The van der Waals surface area contributed by atoms with E-state index < -0.39 is 6.36 Å². The van der Waals surface area contributed by atoms with Crippen molar-refractivity contribution >= 4 is 11.6 Å². The highest BCUT2D eigenvalue weighted by molar-refractivity contribution is 6.33. The van der Waals surface area contributed by atoms with Gasteiger partial charge in [0, 0.05) is 18.0 Å². The maximum absolute atomic E-state index is 12.1. The average molecular weight is 274 g/mol. The quantitative estimate of drug-likeness (QED) is 0.814. The molecule has 0 bridgehead atoms. The fraction of sp³-hybridized carbons (Fsp3) is 0.0833. The van der Waals surface area contributed by atoms with Gasteiger partial charge in [-0.3, -0.25) is 4.98 Å². The van der Waals surface area contributed by atoms with E-state index in [0.29, 0.717) is 16.1 Å². The monoisotopic (exact) mass is 273 g/mol. The first-order valence-corrected chi connectivity index (χ1v) is 5.29. The highest BCUT2D eigenvalue weighted by Crippen LogP contribution is 2.31. The van der Waals surface area contributed by atoms with Crippen LogP contribution in [0.3, 0.4) is 0 Å². The van der Waals surface area contributed by atoms with Gasteiger partial charge < -0.3 is 4.74 Å². The topological polar surface area (TPSA) is 22.1 Å². The van der Waals surface area contributed by atoms with Crippen molar-refractivity contribution in [3.8, 4) is 16.9 Å². The molecule has 0 unspecified atom stereocenters. The lowest BCUT2D eigenvalue weighted by molar-refractivity contribution is -0.274. The second kappa shape index (κ2) is 4.86. The van der Waals surface area contributed by atoms with Crippen LogP contribution in [0.2, 0.25) is 5.02 Å². The number of ether oxygens (including phenoxy) is 1. The molecule has 0 spiro atoms. The molecule has 2 aromatic rings. The first-order valence-electron chi connectivity index (χ1n) is 4.91. The van der Waals surface area contributed by atoms with Crippen LogP contribution in [0.1, 0.15) is 0 Å². The molecule has 0 N–H and O–H groups in total. The van der Waals surface area contributed by atoms with E-state index in [9.17, 15) is 13.2 Å². The number of aromatic nitrogens is 1. The van der Waals surface area contributed by atoms with Crippen molar-refractivity contribution < 1.29 is 17.9 Å². The van der Waals surface area contributed by atoms with Gasteiger partial charge in [0.15, 0.2) is 0 Å². The molecule has 94 valence electrons. The van der Waals surface area contributed by atoms with Gasteiger partial charge in [-0.2, -0.15) is 0 Å². The molecule has 0 aliphatic carbocycles. The standard InChI is InChI=1S/C12H7ClF3NO/c13-11-4-5-17-7-10(11)8-2-1-3-9(6-8)18-12(14,15)16/h1-7H. The largest absolute Gasteiger partial charge is 0.573 e. The molecule has 0 aliphatic rings. The van der Waals surface area contributed by atoms with Crippen molar-refractivity contribution in [3.63, 3.8) is 0 Å².